The van der Waals surface area contributed by atoms with E-state index in [0.717, 1.165) is 16.6 Å². The van der Waals surface area contributed by atoms with Crippen molar-refractivity contribution in [1.29, 1.82) is 0 Å². The van der Waals surface area contributed by atoms with Crippen LogP contribution in [0.3, 0.4) is 0 Å². The molecule has 84 valence electrons. The van der Waals surface area contributed by atoms with Gasteiger partial charge >= 0.3 is 0 Å². The van der Waals surface area contributed by atoms with Gasteiger partial charge in [0.05, 0.1) is 11.6 Å². The second kappa shape index (κ2) is 4.99. The molecular formula is C12H18BrNO. The van der Waals surface area contributed by atoms with Gasteiger partial charge in [-0.3, -0.25) is 0 Å². The summed E-state index contributed by atoms with van der Waals surface area (Å²) in [5.41, 5.74) is 9.47. The summed E-state index contributed by atoms with van der Waals surface area (Å²) >= 11 is 3.55. The quantitative estimate of drug-likeness (QED) is 0.918. The first-order valence-electron chi connectivity index (χ1n) is 5.05. The van der Waals surface area contributed by atoms with E-state index in [1.807, 2.05) is 6.92 Å². The Kier molecular flexibility index (Phi) is 4.17. The average molecular weight is 272 g/mol. The first kappa shape index (κ1) is 12.5. The summed E-state index contributed by atoms with van der Waals surface area (Å²) in [6.45, 7) is 6.17. The van der Waals surface area contributed by atoms with Crippen molar-refractivity contribution in [2.75, 3.05) is 7.11 Å². The molecule has 0 saturated heterocycles. The van der Waals surface area contributed by atoms with E-state index in [-0.39, 0.29) is 6.04 Å². The smallest absolute Gasteiger partial charge is 0.136 e. The Morgan fingerprint density at radius 3 is 2.47 bits per heavy atom. The van der Waals surface area contributed by atoms with Crippen molar-refractivity contribution in [3.05, 3.63) is 27.2 Å². The van der Waals surface area contributed by atoms with Gasteiger partial charge in [0.15, 0.2) is 0 Å². The third kappa shape index (κ3) is 2.73. The van der Waals surface area contributed by atoms with E-state index < -0.39 is 0 Å². The minimum atomic E-state index is 0.146. The molecule has 0 aliphatic heterocycles. The molecule has 0 bridgehead atoms. The van der Waals surface area contributed by atoms with Gasteiger partial charge in [-0.2, -0.15) is 0 Å². The van der Waals surface area contributed by atoms with E-state index >= 15 is 0 Å². The maximum absolute atomic E-state index is 5.83. The first-order chi connectivity index (χ1) is 6.97. The topological polar surface area (TPSA) is 35.2 Å². The van der Waals surface area contributed by atoms with Crippen LogP contribution in [0, 0.1) is 13.8 Å². The van der Waals surface area contributed by atoms with Crippen LogP contribution in [-0.2, 0) is 6.42 Å². The van der Waals surface area contributed by atoms with Crippen LogP contribution in [0.1, 0.15) is 23.6 Å². The molecule has 0 saturated carbocycles. The van der Waals surface area contributed by atoms with Gasteiger partial charge < -0.3 is 10.5 Å². The molecule has 0 aliphatic carbocycles. The van der Waals surface area contributed by atoms with Gasteiger partial charge in [-0.15, -0.1) is 0 Å². The second-order valence-electron chi connectivity index (χ2n) is 4.02. The number of ether oxygens (including phenoxy) is 1. The fraction of sp³-hybridized carbons (Fsp3) is 0.500. The third-order valence-corrected chi connectivity index (χ3v) is 3.44. The van der Waals surface area contributed by atoms with Gasteiger partial charge in [0, 0.05) is 6.04 Å². The number of halogens is 1. The minimum absolute atomic E-state index is 0.146. The van der Waals surface area contributed by atoms with E-state index in [9.17, 15) is 0 Å². The fourth-order valence-corrected chi connectivity index (χ4v) is 2.27. The Morgan fingerprint density at radius 1 is 1.40 bits per heavy atom. The summed E-state index contributed by atoms with van der Waals surface area (Å²) in [5, 5.41) is 0. The van der Waals surface area contributed by atoms with Crippen LogP contribution in [0.4, 0.5) is 0 Å². The summed E-state index contributed by atoms with van der Waals surface area (Å²) in [4.78, 5) is 0. The molecule has 0 aliphatic rings. The minimum Gasteiger partial charge on any atom is -0.495 e. The van der Waals surface area contributed by atoms with Crippen LogP contribution in [0.15, 0.2) is 10.5 Å². The molecule has 15 heavy (non-hydrogen) atoms. The highest BCUT2D eigenvalue weighted by atomic mass is 79.9. The Bertz CT molecular complexity index is 361. The van der Waals surface area contributed by atoms with Crippen molar-refractivity contribution >= 4 is 15.9 Å². The first-order valence-corrected chi connectivity index (χ1v) is 5.84. The molecule has 0 aromatic heterocycles. The summed E-state index contributed by atoms with van der Waals surface area (Å²) in [5.74, 6) is 0.921. The summed E-state index contributed by atoms with van der Waals surface area (Å²) in [6, 6.07) is 2.30. The number of hydrogen-bond acceptors (Lipinski definition) is 2. The van der Waals surface area contributed by atoms with Gasteiger partial charge in [-0.25, -0.2) is 0 Å². The molecule has 0 fully saturated rings. The second-order valence-corrected chi connectivity index (χ2v) is 4.81. The maximum Gasteiger partial charge on any atom is 0.136 e. The molecule has 1 aromatic rings. The molecule has 3 heteroatoms. The average Bonchev–Trinajstić information content (AvgIpc) is 2.14. The normalized spacial score (nSPS) is 12.7. The van der Waals surface area contributed by atoms with Gasteiger partial charge in [0.2, 0.25) is 0 Å². The molecule has 0 amide bonds. The largest absolute Gasteiger partial charge is 0.495 e. The van der Waals surface area contributed by atoms with Crippen LogP contribution in [0.5, 0.6) is 5.75 Å². The van der Waals surface area contributed by atoms with Crippen molar-refractivity contribution in [3.8, 4) is 5.75 Å². The number of methoxy groups -OCH3 is 1. The van der Waals surface area contributed by atoms with E-state index in [1.54, 1.807) is 7.11 Å². The molecule has 0 heterocycles. The lowest BCUT2D eigenvalue weighted by molar-refractivity contribution is 0.404. The van der Waals surface area contributed by atoms with Gasteiger partial charge in [-0.05, 0) is 59.8 Å². The highest BCUT2D eigenvalue weighted by molar-refractivity contribution is 9.10. The van der Waals surface area contributed by atoms with Crippen LogP contribution >= 0.6 is 15.9 Å². The Morgan fingerprint density at radius 2 is 2.00 bits per heavy atom. The van der Waals surface area contributed by atoms with Crippen LogP contribution in [0.25, 0.3) is 0 Å². The molecule has 1 unspecified atom stereocenters. The Hall–Kier alpha value is -0.540. The van der Waals surface area contributed by atoms with Crippen molar-refractivity contribution in [2.45, 2.75) is 33.2 Å². The van der Waals surface area contributed by atoms with Crippen molar-refractivity contribution < 1.29 is 4.74 Å². The predicted octanol–water partition coefficient (Wildman–Crippen LogP) is 2.96. The molecule has 1 aromatic carbocycles. The Balaban J connectivity index is 3.29. The SMILES string of the molecule is COc1c(Br)c(C)cc(C)c1CC(C)N. The van der Waals surface area contributed by atoms with E-state index in [0.29, 0.717) is 0 Å². The zero-order chi connectivity index (χ0) is 11.6. The maximum atomic E-state index is 5.83. The molecule has 1 atom stereocenters. The Labute approximate surface area is 99.9 Å². The van der Waals surface area contributed by atoms with Crippen molar-refractivity contribution in [2.24, 2.45) is 5.73 Å². The highest BCUT2D eigenvalue weighted by Gasteiger charge is 2.14. The number of hydrogen-bond donors (Lipinski definition) is 1. The predicted molar refractivity (Wildman–Crippen MR) is 67.5 cm³/mol. The van der Waals surface area contributed by atoms with Gasteiger partial charge in [-0.1, -0.05) is 6.07 Å². The molecule has 2 N–H and O–H groups in total. The third-order valence-electron chi connectivity index (χ3n) is 2.46. The van der Waals surface area contributed by atoms with Crippen LogP contribution in [0.2, 0.25) is 0 Å². The molecule has 1 rings (SSSR count). The van der Waals surface area contributed by atoms with E-state index in [2.05, 4.69) is 35.8 Å². The molecule has 0 spiro atoms. The van der Waals surface area contributed by atoms with Crippen molar-refractivity contribution in [1.82, 2.24) is 0 Å². The van der Waals surface area contributed by atoms with Crippen LogP contribution < -0.4 is 10.5 Å². The molecule has 0 radical (unpaired) electrons. The summed E-state index contributed by atoms with van der Waals surface area (Å²) < 4.78 is 6.47. The lowest BCUT2D eigenvalue weighted by Gasteiger charge is -2.17. The van der Waals surface area contributed by atoms with E-state index in [4.69, 9.17) is 10.5 Å². The lowest BCUT2D eigenvalue weighted by Crippen LogP contribution is -2.19. The number of benzene rings is 1. The standard InChI is InChI=1S/C12H18BrNO/c1-7-5-8(2)11(13)12(15-4)10(7)6-9(3)14/h5,9H,6,14H2,1-4H3. The zero-order valence-corrected chi connectivity index (χ0v) is 11.3. The summed E-state index contributed by atoms with van der Waals surface area (Å²) in [7, 11) is 1.70. The number of nitrogens with two attached hydrogens (primary N) is 1. The summed E-state index contributed by atoms with van der Waals surface area (Å²) in [6.07, 6.45) is 0.841. The highest BCUT2D eigenvalue weighted by Crippen LogP contribution is 2.35. The fourth-order valence-electron chi connectivity index (χ4n) is 1.75. The van der Waals surface area contributed by atoms with Gasteiger partial charge in [0.1, 0.15) is 5.75 Å². The zero-order valence-electron chi connectivity index (χ0n) is 9.73. The monoisotopic (exact) mass is 271 g/mol. The van der Waals surface area contributed by atoms with E-state index in [1.165, 1.54) is 16.7 Å². The van der Waals surface area contributed by atoms with Gasteiger partial charge in [0.25, 0.3) is 0 Å². The molecular weight excluding hydrogens is 254 g/mol. The van der Waals surface area contributed by atoms with Crippen LogP contribution in [-0.4, -0.2) is 13.2 Å². The lowest BCUT2D eigenvalue weighted by atomic mass is 9.99. The number of rotatable bonds is 3. The van der Waals surface area contributed by atoms with Crippen molar-refractivity contribution in [3.63, 3.8) is 0 Å². The number of aryl methyl sites for hydroxylation is 2. The molecule has 2 nitrogen and oxygen atoms in total.